The summed E-state index contributed by atoms with van der Waals surface area (Å²) in [4.78, 5) is 23.3. The van der Waals surface area contributed by atoms with Crippen LogP contribution in [0.15, 0.2) is 66.7 Å². The monoisotopic (exact) mass is 547 g/mol. The number of nitrogen functional groups attached to an aromatic ring is 1. The van der Waals surface area contributed by atoms with Gasteiger partial charge in [-0.1, -0.05) is 43.7 Å². The van der Waals surface area contributed by atoms with E-state index in [1.807, 2.05) is 36.4 Å². The second-order valence-corrected chi connectivity index (χ2v) is 11.5. The highest BCUT2D eigenvalue weighted by Gasteiger charge is 2.21. The summed E-state index contributed by atoms with van der Waals surface area (Å²) in [7, 11) is 0. The van der Waals surface area contributed by atoms with Crippen molar-refractivity contribution in [3.8, 4) is 0 Å². The number of unbranched alkanes of at least 4 members (excludes halogenated alkanes) is 1. The lowest BCUT2D eigenvalue weighted by atomic mass is 9.93. The molecule has 3 N–H and O–H groups in total. The number of amides is 1. The van der Waals surface area contributed by atoms with Crippen molar-refractivity contribution in [3.63, 3.8) is 0 Å². The van der Waals surface area contributed by atoms with Gasteiger partial charge in [0.15, 0.2) is 0 Å². The normalized spacial score (nSPS) is 15.6. The van der Waals surface area contributed by atoms with Gasteiger partial charge >= 0.3 is 0 Å². The molecule has 4 aromatic rings. The summed E-state index contributed by atoms with van der Waals surface area (Å²) in [5.41, 5.74) is 15.9. The van der Waals surface area contributed by atoms with Crippen LogP contribution in [-0.2, 0) is 25.8 Å². The molecular formula is C35H41N5O. The number of anilines is 3. The first kappa shape index (κ1) is 27.3. The Morgan fingerprint density at radius 1 is 0.951 bits per heavy atom. The van der Waals surface area contributed by atoms with Gasteiger partial charge in [0.05, 0.1) is 5.52 Å². The number of nitrogens with two attached hydrogens (primary N) is 1. The van der Waals surface area contributed by atoms with E-state index in [1.165, 1.54) is 36.1 Å². The maximum absolute atomic E-state index is 13.5. The zero-order chi connectivity index (χ0) is 28.2. The lowest BCUT2D eigenvalue weighted by Gasteiger charge is -2.36. The molecule has 2 heterocycles. The summed E-state index contributed by atoms with van der Waals surface area (Å²) >= 11 is 0. The van der Waals surface area contributed by atoms with E-state index in [2.05, 4.69) is 52.4 Å². The summed E-state index contributed by atoms with van der Waals surface area (Å²) in [6.07, 6.45) is 7.92. The number of aromatic nitrogens is 1. The Bertz CT molecular complexity index is 1520. The van der Waals surface area contributed by atoms with Crippen LogP contribution >= 0.6 is 0 Å². The molecule has 0 radical (unpaired) electrons. The van der Waals surface area contributed by atoms with E-state index in [0.29, 0.717) is 5.56 Å². The molecule has 212 valence electrons. The van der Waals surface area contributed by atoms with Crippen LogP contribution in [0.4, 0.5) is 17.1 Å². The molecular weight excluding hydrogens is 506 g/mol. The van der Waals surface area contributed by atoms with Crippen LogP contribution in [0.5, 0.6) is 0 Å². The Kier molecular flexibility index (Phi) is 8.19. The number of carbonyl (C=O) groups excluding carboxylic acids is 1. The molecule has 0 spiro atoms. The summed E-state index contributed by atoms with van der Waals surface area (Å²) in [6.45, 7) is 6.90. The number of nitrogens with zero attached hydrogens (tertiary/aromatic N) is 3. The van der Waals surface area contributed by atoms with Crippen molar-refractivity contribution in [3.05, 3.63) is 94.7 Å². The fourth-order valence-corrected chi connectivity index (χ4v) is 6.28. The summed E-state index contributed by atoms with van der Waals surface area (Å²) in [5.74, 6) is -0.0914. The number of benzene rings is 3. The van der Waals surface area contributed by atoms with Crippen LogP contribution < -0.4 is 16.0 Å². The average molecular weight is 548 g/mol. The second-order valence-electron chi connectivity index (χ2n) is 11.5. The van der Waals surface area contributed by atoms with Gasteiger partial charge in [-0.05, 0) is 91.6 Å². The average Bonchev–Trinajstić information content (AvgIpc) is 3.01. The molecule has 0 atom stereocenters. The first-order valence-corrected chi connectivity index (χ1v) is 15.3. The van der Waals surface area contributed by atoms with Crippen molar-refractivity contribution in [2.75, 3.05) is 42.1 Å². The van der Waals surface area contributed by atoms with Gasteiger partial charge < -0.3 is 16.0 Å². The quantitative estimate of drug-likeness (QED) is 0.260. The van der Waals surface area contributed by atoms with E-state index in [0.717, 1.165) is 91.9 Å². The summed E-state index contributed by atoms with van der Waals surface area (Å²) in [6, 6.07) is 22.9. The molecule has 6 rings (SSSR count). The number of hydrogen-bond donors (Lipinski definition) is 2. The molecule has 6 heteroatoms. The van der Waals surface area contributed by atoms with Crippen LogP contribution in [-0.4, -0.2) is 42.0 Å². The highest BCUT2D eigenvalue weighted by molar-refractivity contribution is 6.06. The van der Waals surface area contributed by atoms with Crippen molar-refractivity contribution in [2.45, 2.75) is 58.4 Å². The molecule has 2 aliphatic rings. The SMILES string of the molecule is CCCCc1ccc(N2CCN(Cc3ccccc3C(=O)Nc3ccc4nc5c(c(N)c4c3)CCCC5)CC2)cc1. The largest absolute Gasteiger partial charge is 0.398 e. The third-order valence-electron chi connectivity index (χ3n) is 8.71. The minimum absolute atomic E-state index is 0.0914. The number of aryl methyl sites for hydroxylation is 2. The van der Waals surface area contributed by atoms with Gasteiger partial charge in [-0.25, -0.2) is 0 Å². The highest BCUT2D eigenvalue weighted by atomic mass is 16.1. The van der Waals surface area contributed by atoms with Crippen LogP contribution in [0, 0.1) is 0 Å². The van der Waals surface area contributed by atoms with Gasteiger partial charge in [0.1, 0.15) is 0 Å². The van der Waals surface area contributed by atoms with Crippen LogP contribution in [0.2, 0.25) is 0 Å². The van der Waals surface area contributed by atoms with E-state index in [1.54, 1.807) is 0 Å². The van der Waals surface area contributed by atoms with E-state index in [4.69, 9.17) is 10.7 Å². The Morgan fingerprint density at radius 2 is 1.73 bits per heavy atom. The molecule has 1 aliphatic heterocycles. The Hall–Kier alpha value is -3.90. The second kappa shape index (κ2) is 12.3. The Morgan fingerprint density at radius 3 is 2.54 bits per heavy atom. The van der Waals surface area contributed by atoms with Gasteiger partial charge in [-0.3, -0.25) is 14.7 Å². The topological polar surface area (TPSA) is 74.5 Å². The van der Waals surface area contributed by atoms with E-state index >= 15 is 0 Å². The minimum Gasteiger partial charge on any atom is -0.398 e. The van der Waals surface area contributed by atoms with E-state index in [-0.39, 0.29) is 5.91 Å². The minimum atomic E-state index is -0.0914. The molecule has 1 saturated heterocycles. The molecule has 6 nitrogen and oxygen atoms in total. The van der Waals surface area contributed by atoms with E-state index < -0.39 is 0 Å². The molecule has 1 amide bonds. The number of hydrogen-bond acceptors (Lipinski definition) is 5. The molecule has 1 aliphatic carbocycles. The van der Waals surface area contributed by atoms with Crippen LogP contribution in [0.25, 0.3) is 10.9 Å². The zero-order valence-electron chi connectivity index (χ0n) is 24.2. The fourth-order valence-electron chi connectivity index (χ4n) is 6.28. The van der Waals surface area contributed by atoms with E-state index in [9.17, 15) is 4.79 Å². The predicted molar refractivity (Wildman–Crippen MR) is 170 cm³/mol. The Labute approximate surface area is 243 Å². The predicted octanol–water partition coefficient (Wildman–Crippen LogP) is 6.61. The fraction of sp³-hybridized carbons (Fsp3) is 0.371. The smallest absolute Gasteiger partial charge is 0.255 e. The number of fused-ring (bicyclic) bond motifs is 2. The first-order valence-electron chi connectivity index (χ1n) is 15.3. The van der Waals surface area contributed by atoms with Gasteiger partial charge in [0.2, 0.25) is 0 Å². The zero-order valence-corrected chi connectivity index (χ0v) is 24.2. The summed E-state index contributed by atoms with van der Waals surface area (Å²) < 4.78 is 0. The molecule has 1 fully saturated rings. The van der Waals surface area contributed by atoms with Crippen LogP contribution in [0.3, 0.4) is 0 Å². The molecule has 41 heavy (non-hydrogen) atoms. The number of nitrogens with one attached hydrogen (secondary N) is 1. The number of carbonyl (C=O) groups is 1. The van der Waals surface area contributed by atoms with Crippen molar-refractivity contribution in [2.24, 2.45) is 0 Å². The Balaban J connectivity index is 1.10. The summed E-state index contributed by atoms with van der Waals surface area (Å²) in [5, 5.41) is 4.05. The molecule has 3 aromatic carbocycles. The van der Waals surface area contributed by atoms with Crippen molar-refractivity contribution in [1.29, 1.82) is 0 Å². The van der Waals surface area contributed by atoms with Crippen molar-refractivity contribution >= 4 is 33.9 Å². The highest BCUT2D eigenvalue weighted by Crippen LogP contribution is 2.32. The van der Waals surface area contributed by atoms with Gasteiger partial charge in [0, 0.05) is 66.4 Å². The standard InChI is InChI=1S/C35H41N5O/c1-2-3-8-25-13-16-28(17-14-25)40-21-19-39(20-22-40)24-26-9-4-5-10-29(26)35(41)37-27-15-18-33-31(23-27)34(36)30-11-6-7-12-32(30)38-33/h4-5,9-10,13-18,23H,2-3,6-8,11-12,19-22,24H2,1H3,(H2,36,38)(H,37,41). The number of piperazine rings is 1. The van der Waals surface area contributed by atoms with Gasteiger partial charge in [-0.2, -0.15) is 0 Å². The van der Waals surface area contributed by atoms with Crippen molar-refractivity contribution < 1.29 is 4.79 Å². The lowest BCUT2D eigenvalue weighted by Crippen LogP contribution is -2.46. The molecule has 0 saturated carbocycles. The molecule has 0 unspecified atom stereocenters. The number of rotatable bonds is 8. The maximum Gasteiger partial charge on any atom is 0.255 e. The third-order valence-corrected chi connectivity index (χ3v) is 8.71. The van der Waals surface area contributed by atoms with Crippen LogP contribution in [0.1, 0.15) is 65.3 Å². The number of pyridine rings is 1. The lowest BCUT2D eigenvalue weighted by molar-refractivity contribution is 0.102. The van der Waals surface area contributed by atoms with Gasteiger partial charge in [0.25, 0.3) is 5.91 Å². The van der Waals surface area contributed by atoms with Gasteiger partial charge in [-0.15, -0.1) is 0 Å². The maximum atomic E-state index is 13.5. The first-order chi connectivity index (χ1) is 20.1. The molecule has 1 aromatic heterocycles. The third kappa shape index (κ3) is 6.08. The molecule has 0 bridgehead atoms. The van der Waals surface area contributed by atoms with Crippen molar-refractivity contribution in [1.82, 2.24) is 9.88 Å².